The van der Waals surface area contributed by atoms with Gasteiger partial charge in [-0.2, -0.15) is 5.26 Å². The molecular formula is C18H15N3O5. The third-order valence-corrected chi connectivity index (χ3v) is 3.43. The molecule has 1 aromatic carbocycles. The Balaban J connectivity index is 2.31. The summed E-state index contributed by atoms with van der Waals surface area (Å²) < 4.78 is 10.3. The van der Waals surface area contributed by atoms with Crippen LogP contribution in [0.3, 0.4) is 0 Å². The standard InChI is InChI=1S/C18H15N3O5/c1-10-7-11(17(23)25-2)3-5-14(10)15-6-4-13(26-15)8-12(9-19)16(22)21-18(20)24/h3-8H,1-2H3,(H3,20,21,22,24)/b12-8-. The van der Waals surface area contributed by atoms with E-state index >= 15 is 0 Å². The lowest BCUT2D eigenvalue weighted by Gasteiger charge is -2.05. The quantitative estimate of drug-likeness (QED) is 0.491. The lowest BCUT2D eigenvalue weighted by molar-refractivity contribution is -0.116. The molecule has 0 aliphatic heterocycles. The molecule has 2 rings (SSSR count). The molecule has 8 heteroatoms. The molecule has 3 N–H and O–H groups in total. The zero-order valence-corrected chi connectivity index (χ0v) is 14.0. The number of imide groups is 1. The lowest BCUT2D eigenvalue weighted by Crippen LogP contribution is -2.35. The van der Waals surface area contributed by atoms with Crippen molar-refractivity contribution in [1.29, 1.82) is 5.26 Å². The summed E-state index contributed by atoms with van der Waals surface area (Å²) in [5.74, 6) is -0.635. The van der Waals surface area contributed by atoms with Crippen LogP contribution in [0.2, 0.25) is 0 Å². The number of nitrogens with two attached hydrogens (primary N) is 1. The Kier molecular flexibility index (Phi) is 5.55. The number of urea groups is 1. The van der Waals surface area contributed by atoms with Crippen LogP contribution in [0, 0.1) is 18.3 Å². The van der Waals surface area contributed by atoms with Crippen LogP contribution in [-0.2, 0) is 9.53 Å². The van der Waals surface area contributed by atoms with Gasteiger partial charge in [0.1, 0.15) is 23.2 Å². The molecule has 0 unspecified atom stereocenters. The number of nitrogens with zero attached hydrogens (tertiary/aromatic N) is 1. The number of carbonyl (C=O) groups excluding carboxylic acids is 3. The second-order valence-corrected chi connectivity index (χ2v) is 5.21. The van der Waals surface area contributed by atoms with Gasteiger partial charge in [0, 0.05) is 11.6 Å². The highest BCUT2D eigenvalue weighted by atomic mass is 16.5. The summed E-state index contributed by atoms with van der Waals surface area (Å²) in [6.07, 6.45) is 1.19. The van der Waals surface area contributed by atoms with Crippen LogP contribution in [0.4, 0.5) is 4.79 Å². The van der Waals surface area contributed by atoms with Gasteiger partial charge in [-0.15, -0.1) is 0 Å². The van der Waals surface area contributed by atoms with Gasteiger partial charge < -0.3 is 14.9 Å². The average molecular weight is 353 g/mol. The topological polar surface area (TPSA) is 135 Å². The number of methoxy groups -OCH3 is 1. The van der Waals surface area contributed by atoms with Crippen LogP contribution in [-0.4, -0.2) is 25.0 Å². The van der Waals surface area contributed by atoms with Crippen LogP contribution in [0.15, 0.2) is 40.3 Å². The number of benzene rings is 1. The third kappa shape index (κ3) is 4.15. The van der Waals surface area contributed by atoms with Crippen molar-refractivity contribution in [2.45, 2.75) is 6.92 Å². The van der Waals surface area contributed by atoms with Crippen molar-refractivity contribution in [3.05, 3.63) is 52.8 Å². The van der Waals surface area contributed by atoms with Crippen molar-refractivity contribution >= 4 is 24.0 Å². The van der Waals surface area contributed by atoms with Gasteiger partial charge >= 0.3 is 12.0 Å². The largest absolute Gasteiger partial charge is 0.465 e. The van der Waals surface area contributed by atoms with E-state index < -0.39 is 17.9 Å². The SMILES string of the molecule is COC(=O)c1ccc(-c2ccc(/C=C(/C#N)C(=O)NC(N)=O)o2)c(C)c1. The first-order valence-electron chi connectivity index (χ1n) is 7.37. The van der Waals surface area contributed by atoms with E-state index in [1.54, 1.807) is 43.3 Å². The Morgan fingerprint density at radius 1 is 1.27 bits per heavy atom. The highest BCUT2D eigenvalue weighted by Gasteiger charge is 2.14. The molecule has 132 valence electrons. The van der Waals surface area contributed by atoms with Gasteiger partial charge in [-0.3, -0.25) is 10.1 Å². The van der Waals surface area contributed by atoms with Gasteiger partial charge in [-0.1, -0.05) is 6.07 Å². The van der Waals surface area contributed by atoms with Crippen molar-refractivity contribution in [3.8, 4) is 17.4 Å². The Labute approximate surface area is 148 Å². The zero-order chi connectivity index (χ0) is 19.3. The van der Waals surface area contributed by atoms with Crippen LogP contribution in [0.5, 0.6) is 0 Å². The summed E-state index contributed by atoms with van der Waals surface area (Å²) in [6.45, 7) is 1.81. The third-order valence-electron chi connectivity index (χ3n) is 3.43. The van der Waals surface area contributed by atoms with E-state index in [0.29, 0.717) is 11.3 Å². The predicted octanol–water partition coefficient (Wildman–Crippen LogP) is 2.14. The highest BCUT2D eigenvalue weighted by Crippen LogP contribution is 2.27. The molecule has 0 aliphatic carbocycles. The fraction of sp³-hybridized carbons (Fsp3) is 0.111. The van der Waals surface area contributed by atoms with Gasteiger partial charge in [0.2, 0.25) is 0 Å². The number of furan rings is 1. The molecule has 0 fully saturated rings. The molecule has 0 saturated carbocycles. The number of aryl methyl sites for hydroxylation is 1. The second-order valence-electron chi connectivity index (χ2n) is 5.21. The molecular weight excluding hydrogens is 338 g/mol. The average Bonchev–Trinajstić information content (AvgIpc) is 3.06. The Morgan fingerprint density at radius 2 is 2.00 bits per heavy atom. The number of hydrogen-bond donors (Lipinski definition) is 2. The second kappa shape index (κ2) is 7.81. The van der Waals surface area contributed by atoms with Gasteiger partial charge in [0.05, 0.1) is 12.7 Å². The van der Waals surface area contributed by atoms with E-state index in [1.165, 1.54) is 13.2 Å². The molecule has 0 bridgehead atoms. The molecule has 3 amide bonds. The molecule has 8 nitrogen and oxygen atoms in total. The molecule has 0 radical (unpaired) electrons. The Bertz CT molecular complexity index is 950. The van der Waals surface area contributed by atoms with Crippen molar-refractivity contribution in [2.75, 3.05) is 7.11 Å². The van der Waals surface area contributed by atoms with Crippen molar-refractivity contribution in [1.82, 2.24) is 5.32 Å². The minimum absolute atomic E-state index is 0.243. The summed E-state index contributed by atoms with van der Waals surface area (Å²) in [6, 6.07) is 8.82. The fourth-order valence-corrected chi connectivity index (χ4v) is 2.23. The Hall–Kier alpha value is -3.86. The van der Waals surface area contributed by atoms with Gasteiger partial charge in [-0.25, -0.2) is 9.59 Å². The van der Waals surface area contributed by atoms with Crippen molar-refractivity contribution < 1.29 is 23.5 Å². The Morgan fingerprint density at radius 3 is 2.58 bits per heavy atom. The molecule has 0 aliphatic rings. The molecule has 1 heterocycles. The lowest BCUT2D eigenvalue weighted by atomic mass is 10.0. The van der Waals surface area contributed by atoms with E-state index in [2.05, 4.69) is 4.74 Å². The minimum atomic E-state index is -1.06. The molecule has 0 saturated heterocycles. The number of carbonyl (C=O) groups is 3. The normalized spacial score (nSPS) is 10.7. The summed E-state index contributed by atoms with van der Waals surface area (Å²) in [7, 11) is 1.30. The number of primary amides is 1. The van der Waals surface area contributed by atoms with Crippen LogP contribution >= 0.6 is 0 Å². The first kappa shape index (κ1) is 18.5. The van der Waals surface area contributed by atoms with E-state index in [9.17, 15) is 14.4 Å². The van der Waals surface area contributed by atoms with E-state index in [0.717, 1.165) is 11.1 Å². The molecule has 1 aromatic heterocycles. The molecule has 2 aromatic rings. The van der Waals surface area contributed by atoms with Crippen molar-refractivity contribution in [2.24, 2.45) is 5.73 Å². The number of rotatable bonds is 4. The number of nitrogens with one attached hydrogen (secondary N) is 1. The number of amides is 3. The first-order chi connectivity index (χ1) is 12.3. The molecule has 0 atom stereocenters. The monoisotopic (exact) mass is 353 g/mol. The maximum absolute atomic E-state index is 11.7. The summed E-state index contributed by atoms with van der Waals surface area (Å²) in [4.78, 5) is 33.9. The van der Waals surface area contributed by atoms with Crippen molar-refractivity contribution in [3.63, 3.8) is 0 Å². The number of hydrogen-bond acceptors (Lipinski definition) is 6. The fourth-order valence-electron chi connectivity index (χ4n) is 2.23. The maximum Gasteiger partial charge on any atom is 0.337 e. The number of nitriles is 1. The number of esters is 1. The van der Waals surface area contributed by atoms with Crippen LogP contribution < -0.4 is 11.1 Å². The van der Waals surface area contributed by atoms with Gasteiger partial charge in [-0.05, 0) is 36.8 Å². The van der Waals surface area contributed by atoms with E-state index in [4.69, 9.17) is 15.4 Å². The minimum Gasteiger partial charge on any atom is -0.465 e. The summed E-state index contributed by atoms with van der Waals surface area (Å²) in [5, 5.41) is 10.8. The van der Waals surface area contributed by atoms with Crippen LogP contribution in [0.1, 0.15) is 21.7 Å². The van der Waals surface area contributed by atoms with Gasteiger partial charge in [0.15, 0.2) is 0 Å². The van der Waals surface area contributed by atoms with E-state index in [1.807, 2.05) is 5.32 Å². The molecule has 0 spiro atoms. The predicted molar refractivity (Wildman–Crippen MR) is 91.5 cm³/mol. The van der Waals surface area contributed by atoms with E-state index in [-0.39, 0.29) is 11.3 Å². The van der Waals surface area contributed by atoms with Gasteiger partial charge in [0.25, 0.3) is 5.91 Å². The summed E-state index contributed by atoms with van der Waals surface area (Å²) in [5.41, 5.74) is 6.45. The number of ether oxygens (including phenoxy) is 1. The smallest absolute Gasteiger partial charge is 0.337 e. The van der Waals surface area contributed by atoms with Crippen LogP contribution in [0.25, 0.3) is 17.4 Å². The molecule has 26 heavy (non-hydrogen) atoms. The first-order valence-corrected chi connectivity index (χ1v) is 7.37. The summed E-state index contributed by atoms with van der Waals surface area (Å²) >= 11 is 0. The highest BCUT2D eigenvalue weighted by molar-refractivity contribution is 6.08. The maximum atomic E-state index is 11.7. The zero-order valence-electron chi connectivity index (χ0n) is 14.0.